The first kappa shape index (κ1) is 19.3. The molecule has 0 bridgehead atoms. The van der Waals surface area contributed by atoms with E-state index in [1.807, 2.05) is 0 Å². The van der Waals surface area contributed by atoms with E-state index in [1.54, 1.807) is 55.3 Å². The highest BCUT2D eigenvalue weighted by atomic mass is 19.1. The van der Waals surface area contributed by atoms with Crippen LogP contribution in [0.15, 0.2) is 53.1 Å². The van der Waals surface area contributed by atoms with Crippen LogP contribution in [-0.4, -0.2) is 41.1 Å². The number of carbonyl (C=O) groups is 1. The van der Waals surface area contributed by atoms with Gasteiger partial charge in [0.05, 0.1) is 6.54 Å². The van der Waals surface area contributed by atoms with Crippen molar-refractivity contribution in [3.63, 3.8) is 0 Å². The summed E-state index contributed by atoms with van der Waals surface area (Å²) in [5, 5.41) is 3.75. The van der Waals surface area contributed by atoms with Gasteiger partial charge in [0.25, 0.3) is 5.91 Å². The van der Waals surface area contributed by atoms with Gasteiger partial charge in [0.1, 0.15) is 23.9 Å². The molecule has 0 atom stereocenters. The van der Waals surface area contributed by atoms with Crippen molar-refractivity contribution in [2.45, 2.75) is 13.5 Å². The van der Waals surface area contributed by atoms with Crippen molar-refractivity contribution in [3.8, 4) is 11.5 Å². The highest BCUT2D eigenvalue weighted by molar-refractivity contribution is 5.94. The molecule has 2 aromatic carbocycles. The highest BCUT2D eigenvalue weighted by Crippen LogP contribution is 2.15. The zero-order chi connectivity index (χ0) is 19.9. The highest BCUT2D eigenvalue weighted by Gasteiger charge is 2.12. The quantitative estimate of drug-likeness (QED) is 0.592. The lowest BCUT2D eigenvalue weighted by molar-refractivity contribution is 0.0773. The van der Waals surface area contributed by atoms with Crippen molar-refractivity contribution in [1.82, 2.24) is 15.0 Å². The van der Waals surface area contributed by atoms with Gasteiger partial charge < -0.3 is 18.9 Å². The van der Waals surface area contributed by atoms with E-state index in [4.69, 9.17) is 14.0 Å². The molecule has 0 spiro atoms. The van der Waals surface area contributed by atoms with Crippen molar-refractivity contribution in [2.24, 2.45) is 0 Å². The molecule has 3 rings (SSSR count). The molecule has 0 saturated heterocycles. The molecule has 0 aliphatic heterocycles. The third-order valence-electron chi connectivity index (χ3n) is 3.89. The molecule has 0 unspecified atom stereocenters. The normalized spacial score (nSPS) is 10.5. The van der Waals surface area contributed by atoms with E-state index in [0.717, 1.165) is 0 Å². The van der Waals surface area contributed by atoms with Crippen LogP contribution in [0.1, 0.15) is 22.1 Å². The molecule has 1 heterocycles. The smallest absolute Gasteiger partial charge is 0.253 e. The Balaban J connectivity index is 1.46. The Labute approximate surface area is 161 Å². The van der Waals surface area contributed by atoms with E-state index < -0.39 is 0 Å². The van der Waals surface area contributed by atoms with Gasteiger partial charge in [0.2, 0.25) is 11.7 Å². The fraction of sp³-hybridized carbons (Fsp3) is 0.250. The van der Waals surface area contributed by atoms with Gasteiger partial charge in [-0.3, -0.25) is 4.79 Å². The van der Waals surface area contributed by atoms with Gasteiger partial charge in [-0.25, -0.2) is 4.39 Å². The van der Waals surface area contributed by atoms with Crippen LogP contribution in [0.25, 0.3) is 0 Å². The Morgan fingerprint density at radius 3 is 2.36 bits per heavy atom. The minimum absolute atomic E-state index is 0.136. The number of hydrogen-bond donors (Lipinski definition) is 0. The average Bonchev–Trinajstić information content (AvgIpc) is 3.13. The number of amides is 1. The van der Waals surface area contributed by atoms with Crippen LogP contribution in [0.4, 0.5) is 4.39 Å². The second-order valence-electron chi connectivity index (χ2n) is 6.07. The summed E-state index contributed by atoms with van der Waals surface area (Å²) in [5.74, 6) is 1.63. The summed E-state index contributed by atoms with van der Waals surface area (Å²) in [4.78, 5) is 18.1. The monoisotopic (exact) mass is 385 g/mol. The van der Waals surface area contributed by atoms with Crippen molar-refractivity contribution in [2.75, 3.05) is 20.2 Å². The van der Waals surface area contributed by atoms with Crippen LogP contribution in [0.2, 0.25) is 0 Å². The second kappa shape index (κ2) is 8.98. The molecular formula is C20H20FN3O4. The lowest BCUT2D eigenvalue weighted by Crippen LogP contribution is -2.30. The number of aryl methyl sites for hydroxylation is 1. The number of likely N-dealkylation sites (N-methyl/N-ethyl adjacent to an activating group) is 1. The summed E-state index contributed by atoms with van der Waals surface area (Å²) in [6.07, 6.45) is 0. The van der Waals surface area contributed by atoms with Gasteiger partial charge in [0.15, 0.2) is 6.61 Å². The van der Waals surface area contributed by atoms with Crippen LogP contribution >= 0.6 is 0 Å². The summed E-state index contributed by atoms with van der Waals surface area (Å²) < 4.78 is 28.8. The number of hydrogen-bond acceptors (Lipinski definition) is 6. The third-order valence-corrected chi connectivity index (χ3v) is 3.89. The predicted octanol–water partition coefficient (Wildman–Crippen LogP) is 3.25. The summed E-state index contributed by atoms with van der Waals surface area (Å²) in [5.41, 5.74) is 0.534. The van der Waals surface area contributed by atoms with E-state index in [2.05, 4.69) is 10.1 Å². The maximum Gasteiger partial charge on any atom is 0.253 e. The Bertz CT molecular complexity index is 910. The van der Waals surface area contributed by atoms with Gasteiger partial charge in [-0.1, -0.05) is 5.16 Å². The minimum atomic E-state index is -0.320. The second-order valence-corrected chi connectivity index (χ2v) is 6.07. The Morgan fingerprint density at radius 2 is 1.71 bits per heavy atom. The lowest BCUT2D eigenvalue weighted by atomic mass is 10.2. The zero-order valence-corrected chi connectivity index (χ0v) is 15.6. The molecule has 146 valence electrons. The maximum absolute atomic E-state index is 12.9. The summed E-state index contributed by atoms with van der Waals surface area (Å²) in [6, 6.07) is 12.6. The van der Waals surface area contributed by atoms with E-state index in [-0.39, 0.29) is 18.3 Å². The number of nitrogens with zero attached hydrogens (tertiary/aromatic N) is 3. The first-order valence-electron chi connectivity index (χ1n) is 8.67. The van der Waals surface area contributed by atoms with Crippen molar-refractivity contribution in [3.05, 3.63) is 71.6 Å². The van der Waals surface area contributed by atoms with Gasteiger partial charge in [-0.05, 0) is 48.5 Å². The first-order chi connectivity index (χ1) is 13.5. The minimum Gasteiger partial charge on any atom is -0.492 e. The van der Waals surface area contributed by atoms with Crippen LogP contribution in [0.5, 0.6) is 11.5 Å². The number of benzene rings is 2. The number of halogens is 1. The molecule has 7 nitrogen and oxygen atoms in total. The Morgan fingerprint density at radius 1 is 1.07 bits per heavy atom. The molecule has 1 aromatic heterocycles. The van der Waals surface area contributed by atoms with Crippen LogP contribution in [-0.2, 0) is 6.61 Å². The molecule has 0 aliphatic rings. The molecule has 28 heavy (non-hydrogen) atoms. The van der Waals surface area contributed by atoms with Crippen LogP contribution < -0.4 is 9.47 Å². The number of rotatable bonds is 8. The molecule has 0 N–H and O–H groups in total. The Hall–Kier alpha value is -3.42. The largest absolute Gasteiger partial charge is 0.492 e. The fourth-order valence-corrected chi connectivity index (χ4v) is 2.39. The SMILES string of the molecule is Cc1nc(COc2ccc(C(=O)N(C)CCOc3ccc(F)cc3)cc2)no1. The number of ether oxygens (including phenoxy) is 2. The summed E-state index contributed by atoms with van der Waals surface area (Å²) in [7, 11) is 1.69. The number of aromatic nitrogens is 2. The van der Waals surface area contributed by atoms with Gasteiger partial charge in [0, 0.05) is 19.5 Å². The predicted molar refractivity (Wildman–Crippen MR) is 98.7 cm³/mol. The van der Waals surface area contributed by atoms with Gasteiger partial charge in [-0.15, -0.1) is 0 Å². The van der Waals surface area contributed by atoms with Crippen molar-refractivity contribution >= 4 is 5.91 Å². The van der Waals surface area contributed by atoms with E-state index in [9.17, 15) is 9.18 Å². The lowest BCUT2D eigenvalue weighted by Gasteiger charge is -2.17. The molecule has 8 heteroatoms. The summed E-state index contributed by atoms with van der Waals surface area (Å²) >= 11 is 0. The van der Waals surface area contributed by atoms with E-state index in [0.29, 0.717) is 41.9 Å². The average molecular weight is 385 g/mol. The fourth-order valence-electron chi connectivity index (χ4n) is 2.39. The molecule has 0 fully saturated rings. The number of carbonyl (C=O) groups excluding carboxylic acids is 1. The first-order valence-corrected chi connectivity index (χ1v) is 8.67. The third kappa shape index (κ3) is 5.29. The summed E-state index contributed by atoms with van der Waals surface area (Å²) in [6.45, 7) is 2.59. The molecule has 0 radical (unpaired) electrons. The van der Waals surface area contributed by atoms with E-state index >= 15 is 0 Å². The molecule has 3 aromatic rings. The van der Waals surface area contributed by atoms with Crippen LogP contribution in [0, 0.1) is 12.7 Å². The zero-order valence-electron chi connectivity index (χ0n) is 15.6. The van der Waals surface area contributed by atoms with E-state index in [1.165, 1.54) is 12.1 Å². The van der Waals surface area contributed by atoms with Gasteiger partial charge >= 0.3 is 0 Å². The standard InChI is InChI=1S/C20H20FN3O4/c1-14-22-19(23-28-14)13-27-18-7-3-15(4-8-18)20(25)24(2)11-12-26-17-9-5-16(21)6-10-17/h3-10H,11-13H2,1-2H3. The van der Waals surface area contributed by atoms with Gasteiger partial charge in [-0.2, -0.15) is 4.98 Å². The Kier molecular flexibility index (Phi) is 6.21. The van der Waals surface area contributed by atoms with Crippen molar-refractivity contribution in [1.29, 1.82) is 0 Å². The molecule has 1 amide bonds. The van der Waals surface area contributed by atoms with Crippen molar-refractivity contribution < 1.29 is 23.2 Å². The maximum atomic E-state index is 12.9. The van der Waals surface area contributed by atoms with Crippen LogP contribution in [0.3, 0.4) is 0 Å². The molecule has 0 saturated carbocycles. The molecular weight excluding hydrogens is 365 g/mol. The topological polar surface area (TPSA) is 77.7 Å². The molecule has 0 aliphatic carbocycles.